The van der Waals surface area contributed by atoms with Crippen molar-refractivity contribution in [3.8, 4) is 5.69 Å². The van der Waals surface area contributed by atoms with Crippen molar-refractivity contribution in [1.29, 1.82) is 0 Å². The monoisotopic (exact) mass is 320 g/mol. The molecule has 0 atom stereocenters. The Balaban J connectivity index is 1.82. The van der Waals surface area contributed by atoms with Crippen LogP contribution in [0.4, 0.5) is 0 Å². The first kappa shape index (κ1) is 15.4. The Morgan fingerprint density at radius 2 is 1.67 bits per heavy atom. The second-order valence-corrected chi connectivity index (χ2v) is 5.09. The van der Waals surface area contributed by atoms with Gasteiger partial charge in [-0.25, -0.2) is 4.68 Å². The molecule has 3 aromatic rings. The molecule has 0 radical (unpaired) electrons. The van der Waals surface area contributed by atoms with Crippen LogP contribution in [0.3, 0.4) is 0 Å². The third-order valence-electron chi connectivity index (χ3n) is 3.46. The number of hydrogen-bond donors (Lipinski definition) is 3. The molecule has 0 aliphatic rings. The molecule has 6 nitrogen and oxygen atoms in total. The molecule has 1 amide bonds. The standard InChI is InChI=1S/C18H16N4O2/c1-13-16(12-19-20-17(23)14-8-4-2-5-9-14)18(24)22(21-13)15-10-6-3-7-11-15/h2-12,19,21H,1H2,(H,20,23). The molecule has 0 saturated carbocycles. The molecule has 0 saturated heterocycles. The zero-order valence-corrected chi connectivity index (χ0v) is 12.8. The Bertz CT molecular complexity index is 1000. The van der Waals surface area contributed by atoms with E-state index in [9.17, 15) is 9.59 Å². The van der Waals surface area contributed by atoms with Crippen molar-refractivity contribution in [1.82, 2.24) is 20.6 Å². The van der Waals surface area contributed by atoms with Gasteiger partial charge in [-0.2, -0.15) is 0 Å². The molecule has 0 bridgehead atoms. The summed E-state index contributed by atoms with van der Waals surface area (Å²) in [6.45, 7) is 3.82. The molecule has 1 heterocycles. The minimum absolute atomic E-state index is 0.257. The molecule has 0 aliphatic carbocycles. The van der Waals surface area contributed by atoms with Gasteiger partial charge in [0.2, 0.25) is 0 Å². The fourth-order valence-corrected chi connectivity index (χ4v) is 2.24. The lowest BCUT2D eigenvalue weighted by molar-refractivity contribution is 0.0943. The zero-order chi connectivity index (χ0) is 16.9. The van der Waals surface area contributed by atoms with E-state index in [0.717, 1.165) is 0 Å². The number of aromatic amines is 1. The Hall–Kier alpha value is -3.54. The molecule has 120 valence electrons. The minimum Gasteiger partial charge on any atom is -0.305 e. The number of para-hydroxylation sites is 1. The smallest absolute Gasteiger partial charge is 0.280 e. The Labute approximate surface area is 137 Å². The molecule has 0 unspecified atom stereocenters. The number of hydrogen-bond acceptors (Lipinski definition) is 3. The van der Waals surface area contributed by atoms with Gasteiger partial charge in [0.15, 0.2) is 0 Å². The predicted molar refractivity (Wildman–Crippen MR) is 92.7 cm³/mol. The maximum atomic E-state index is 12.4. The Kier molecular flexibility index (Phi) is 4.29. The fourth-order valence-electron chi connectivity index (χ4n) is 2.24. The summed E-state index contributed by atoms with van der Waals surface area (Å²) in [7, 11) is 0. The van der Waals surface area contributed by atoms with Crippen molar-refractivity contribution in [2.75, 3.05) is 0 Å². The lowest BCUT2D eigenvalue weighted by Gasteiger charge is -2.03. The quantitative estimate of drug-likeness (QED) is 0.603. The van der Waals surface area contributed by atoms with Gasteiger partial charge in [-0.1, -0.05) is 43.0 Å². The number of rotatable bonds is 4. The van der Waals surface area contributed by atoms with E-state index in [2.05, 4.69) is 22.5 Å². The Morgan fingerprint density at radius 1 is 1.04 bits per heavy atom. The van der Waals surface area contributed by atoms with Gasteiger partial charge in [-0.3, -0.25) is 20.1 Å². The zero-order valence-electron chi connectivity index (χ0n) is 12.8. The third kappa shape index (κ3) is 3.12. The second kappa shape index (κ2) is 6.70. The first-order valence-corrected chi connectivity index (χ1v) is 7.33. The predicted octanol–water partition coefficient (Wildman–Crippen LogP) is 0.249. The molecule has 0 aliphatic heterocycles. The van der Waals surface area contributed by atoms with E-state index in [1.165, 1.54) is 10.9 Å². The average molecular weight is 320 g/mol. The fraction of sp³-hybridized carbons (Fsp3) is 0. The van der Waals surface area contributed by atoms with E-state index in [4.69, 9.17) is 0 Å². The molecule has 1 aromatic heterocycles. The summed E-state index contributed by atoms with van der Waals surface area (Å²) in [6, 6.07) is 17.9. The largest absolute Gasteiger partial charge is 0.305 e. The number of aromatic nitrogens is 2. The summed E-state index contributed by atoms with van der Waals surface area (Å²) in [5, 5.41) is 3.70. The van der Waals surface area contributed by atoms with Crippen LogP contribution in [0.15, 0.2) is 65.5 Å². The topological polar surface area (TPSA) is 78.9 Å². The molecule has 2 aromatic carbocycles. The summed E-state index contributed by atoms with van der Waals surface area (Å²) in [5.74, 6) is -0.295. The van der Waals surface area contributed by atoms with E-state index < -0.39 is 0 Å². The van der Waals surface area contributed by atoms with Crippen molar-refractivity contribution in [2.24, 2.45) is 0 Å². The van der Waals surface area contributed by atoms with Crippen LogP contribution in [0.2, 0.25) is 0 Å². The van der Waals surface area contributed by atoms with Crippen LogP contribution in [0.1, 0.15) is 10.4 Å². The van der Waals surface area contributed by atoms with Gasteiger partial charge >= 0.3 is 0 Å². The van der Waals surface area contributed by atoms with Gasteiger partial charge in [-0.15, -0.1) is 0 Å². The normalized spacial score (nSPS) is 11.2. The Morgan fingerprint density at radius 3 is 2.33 bits per heavy atom. The van der Waals surface area contributed by atoms with Crippen LogP contribution in [0.5, 0.6) is 0 Å². The van der Waals surface area contributed by atoms with Crippen LogP contribution < -0.4 is 27.0 Å². The number of nitrogens with one attached hydrogen (secondary N) is 3. The van der Waals surface area contributed by atoms with Crippen molar-refractivity contribution in [3.63, 3.8) is 0 Å². The lowest BCUT2D eigenvalue weighted by Crippen LogP contribution is -2.40. The number of benzene rings is 2. The molecular formula is C18H16N4O2. The summed E-state index contributed by atoms with van der Waals surface area (Å²) in [5.41, 5.74) is 6.13. The van der Waals surface area contributed by atoms with Crippen LogP contribution in [0.25, 0.3) is 18.5 Å². The van der Waals surface area contributed by atoms with Gasteiger partial charge in [0.05, 0.1) is 16.3 Å². The van der Waals surface area contributed by atoms with E-state index in [-0.39, 0.29) is 11.5 Å². The highest BCUT2D eigenvalue weighted by Crippen LogP contribution is 1.99. The highest BCUT2D eigenvalue weighted by atomic mass is 16.2. The minimum atomic E-state index is -0.295. The van der Waals surface area contributed by atoms with Gasteiger partial charge in [-0.05, 0) is 24.3 Å². The molecule has 3 N–H and O–H groups in total. The third-order valence-corrected chi connectivity index (χ3v) is 3.46. The van der Waals surface area contributed by atoms with E-state index in [1.54, 1.807) is 24.3 Å². The molecule has 3 rings (SSSR count). The summed E-state index contributed by atoms with van der Waals surface area (Å²) < 4.78 is 1.40. The number of hydrazine groups is 1. The number of carbonyl (C=O) groups is 1. The molecule has 6 heteroatoms. The number of amides is 1. The number of H-pyrrole nitrogens is 1. The molecule has 24 heavy (non-hydrogen) atoms. The summed E-state index contributed by atoms with van der Waals surface area (Å²) >= 11 is 0. The highest BCUT2D eigenvalue weighted by molar-refractivity contribution is 5.93. The summed E-state index contributed by atoms with van der Waals surface area (Å²) in [4.78, 5) is 24.4. The maximum absolute atomic E-state index is 12.4. The lowest BCUT2D eigenvalue weighted by atomic mass is 10.2. The van der Waals surface area contributed by atoms with Crippen molar-refractivity contribution < 1.29 is 4.79 Å². The van der Waals surface area contributed by atoms with E-state index in [1.807, 2.05) is 36.4 Å². The average Bonchev–Trinajstić information content (AvgIpc) is 2.91. The van der Waals surface area contributed by atoms with Gasteiger partial charge in [0, 0.05) is 11.8 Å². The van der Waals surface area contributed by atoms with Crippen LogP contribution in [-0.2, 0) is 0 Å². The highest BCUT2D eigenvalue weighted by Gasteiger charge is 2.05. The number of nitrogens with zero attached hydrogens (tertiary/aromatic N) is 1. The van der Waals surface area contributed by atoms with Crippen LogP contribution in [-0.4, -0.2) is 15.7 Å². The number of carbonyl (C=O) groups excluding carboxylic acids is 1. The van der Waals surface area contributed by atoms with Crippen LogP contribution in [0, 0.1) is 0 Å². The molecule has 0 spiro atoms. The van der Waals surface area contributed by atoms with Gasteiger partial charge in [0.25, 0.3) is 11.5 Å². The second-order valence-electron chi connectivity index (χ2n) is 5.09. The first-order chi connectivity index (χ1) is 11.7. The van der Waals surface area contributed by atoms with Gasteiger partial charge in [0.1, 0.15) is 0 Å². The van der Waals surface area contributed by atoms with E-state index in [0.29, 0.717) is 21.8 Å². The SMILES string of the molecule is C=c1[nH]n(-c2ccccc2)c(=O)c1=CNNC(=O)c1ccccc1. The molecule has 0 fully saturated rings. The van der Waals surface area contributed by atoms with Gasteiger partial charge < -0.3 is 5.43 Å². The first-order valence-electron chi connectivity index (χ1n) is 7.33. The van der Waals surface area contributed by atoms with E-state index >= 15 is 0 Å². The van der Waals surface area contributed by atoms with Crippen LogP contribution >= 0.6 is 0 Å². The van der Waals surface area contributed by atoms with Crippen molar-refractivity contribution in [3.05, 3.63) is 87.1 Å². The summed E-state index contributed by atoms with van der Waals surface area (Å²) in [6.07, 6.45) is 1.42. The van der Waals surface area contributed by atoms with Crippen molar-refractivity contribution >= 4 is 18.7 Å². The van der Waals surface area contributed by atoms with Crippen molar-refractivity contribution in [2.45, 2.75) is 0 Å². The maximum Gasteiger partial charge on any atom is 0.280 e. The molecular weight excluding hydrogens is 304 g/mol.